The highest BCUT2D eigenvalue weighted by Gasteiger charge is 2.12. The van der Waals surface area contributed by atoms with E-state index >= 15 is 0 Å². The molecule has 1 N–H and O–H groups in total. The van der Waals surface area contributed by atoms with E-state index in [4.69, 9.17) is 4.74 Å². The molecule has 0 aliphatic heterocycles. The van der Waals surface area contributed by atoms with E-state index in [2.05, 4.69) is 14.9 Å². The Hall–Kier alpha value is -3.71. The van der Waals surface area contributed by atoms with Crippen LogP contribution in [-0.4, -0.2) is 57.9 Å². The largest absolute Gasteiger partial charge is 0.504 e. The monoisotopic (exact) mass is 444 g/mol. The minimum absolute atomic E-state index is 0.0877. The number of hydrogen-bond donors (Lipinski definition) is 1. The van der Waals surface area contributed by atoms with Crippen LogP contribution in [0.2, 0.25) is 0 Å². The molecule has 0 unspecified atom stereocenters. The third-order valence-corrected chi connectivity index (χ3v) is 5.63. The fourth-order valence-electron chi connectivity index (χ4n) is 3.77. The van der Waals surface area contributed by atoms with Crippen LogP contribution in [0.5, 0.6) is 11.5 Å². The van der Waals surface area contributed by atoms with E-state index in [0.29, 0.717) is 17.8 Å². The van der Waals surface area contributed by atoms with Gasteiger partial charge < -0.3 is 14.7 Å². The number of aromatic nitrogens is 3. The Bertz CT molecular complexity index is 1260. The Labute approximate surface area is 193 Å². The zero-order valence-corrected chi connectivity index (χ0v) is 19.2. The van der Waals surface area contributed by atoms with Gasteiger partial charge in [0.2, 0.25) is 0 Å². The van der Waals surface area contributed by atoms with Gasteiger partial charge in [0, 0.05) is 29.3 Å². The molecule has 33 heavy (non-hydrogen) atoms. The van der Waals surface area contributed by atoms with Crippen LogP contribution in [0.1, 0.15) is 29.6 Å². The third kappa shape index (κ3) is 5.04. The molecule has 2 aromatic carbocycles. The van der Waals surface area contributed by atoms with E-state index in [-0.39, 0.29) is 11.5 Å². The number of phenols is 1. The zero-order valence-electron chi connectivity index (χ0n) is 19.2. The Morgan fingerprint density at radius 1 is 1.03 bits per heavy atom. The Kier molecular flexibility index (Phi) is 6.70. The number of methoxy groups -OCH3 is 1. The first-order valence-electron chi connectivity index (χ1n) is 10.9. The van der Waals surface area contributed by atoms with Crippen molar-refractivity contribution in [2.75, 3.05) is 27.7 Å². The molecule has 4 rings (SSSR count). The minimum Gasteiger partial charge on any atom is -0.504 e. The maximum Gasteiger partial charge on any atom is 0.162 e. The number of carbonyl (C=O) groups excluding carboxylic acids is 1. The molecule has 0 amide bonds. The first kappa shape index (κ1) is 22.5. The molecule has 0 bridgehead atoms. The highest BCUT2D eigenvalue weighted by molar-refractivity contribution is 5.96. The van der Waals surface area contributed by atoms with Gasteiger partial charge in [-0.15, -0.1) is 0 Å². The second kappa shape index (κ2) is 9.83. The van der Waals surface area contributed by atoms with Gasteiger partial charge in [-0.1, -0.05) is 24.3 Å². The molecule has 0 aliphatic rings. The van der Waals surface area contributed by atoms with Crippen molar-refractivity contribution in [2.24, 2.45) is 0 Å². The summed E-state index contributed by atoms with van der Waals surface area (Å²) in [4.78, 5) is 23.6. The quantitative estimate of drug-likeness (QED) is 0.298. The van der Waals surface area contributed by atoms with Gasteiger partial charge in [0.05, 0.1) is 30.9 Å². The van der Waals surface area contributed by atoms with Crippen molar-refractivity contribution in [1.82, 2.24) is 19.3 Å². The van der Waals surface area contributed by atoms with Crippen LogP contribution >= 0.6 is 0 Å². The summed E-state index contributed by atoms with van der Waals surface area (Å²) in [6.45, 7) is 0.994. The lowest BCUT2D eigenvalue weighted by atomic mass is 10.0. The number of rotatable bonds is 9. The molecular formula is C26H28N4O3. The molecule has 2 heterocycles. The summed E-state index contributed by atoms with van der Waals surface area (Å²) < 4.78 is 7.20. The van der Waals surface area contributed by atoms with Gasteiger partial charge in [-0.25, -0.2) is 4.98 Å². The maximum absolute atomic E-state index is 12.5. The summed E-state index contributed by atoms with van der Waals surface area (Å²) in [5, 5.41) is 9.90. The van der Waals surface area contributed by atoms with Crippen LogP contribution in [0.15, 0.2) is 61.1 Å². The molecule has 4 aromatic rings. The number of nitrogens with zero attached hydrogens (tertiary/aromatic N) is 4. The van der Waals surface area contributed by atoms with Gasteiger partial charge in [0.1, 0.15) is 0 Å². The fourth-order valence-corrected chi connectivity index (χ4v) is 3.77. The van der Waals surface area contributed by atoms with E-state index in [1.54, 1.807) is 24.5 Å². The van der Waals surface area contributed by atoms with Gasteiger partial charge in [-0.3, -0.25) is 14.2 Å². The number of unbranched alkanes of at least 4 members (excludes halogenated alkanes) is 1. The Morgan fingerprint density at radius 3 is 2.52 bits per heavy atom. The molecule has 0 fully saturated rings. The van der Waals surface area contributed by atoms with E-state index < -0.39 is 0 Å². The number of ketones is 1. The molecule has 7 nitrogen and oxygen atoms in total. The molecule has 0 spiro atoms. The van der Waals surface area contributed by atoms with Crippen LogP contribution in [0.4, 0.5) is 0 Å². The van der Waals surface area contributed by atoms with E-state index in [1.807, 2.05) is 55.0 Å². The van der Waals surface area contributed by atoms with Crippen molar-refractivity contribution in [2.45, 2.75) is 19.3 Å². The molecule has 0 radical (unpaired) electrons. The summed E-state index contributed by atoms with van der Waals surface area (Å²) in [5.74, 6) is 0.658. The topological polar surface area (TPSA) is 80.0 Å². The Balaban J connectivity index is 1.55. The predicted octanol–water partition coefficient (Wildman–Crippen LogP) is 4.69. The summed E-state index contributed by atoms with van der Waals surface area (Å²) in [6.07, 6.45) is 7.88. The van der Waals surface area contributed by atoms with Gasteiger partial charge >= 0.3 is 0 Å². The van der Waals surface area contributed by atoms with Crippen LogP contribution in [-0.2, 0) is 0 Å². The van der Waals surface area contributed by atoms with E-state index in [1.165, 1.54) is 7.11 Å². The van der Waals surface area contributed by atoms with Crippen molar-refractivity contribution in [3.63, 3.8) is 0 Å². The number of imidazole rings is 1. The lowest BCUT2D eigenvalue weighted by Crippen LogP contribution is -2.13. The van der Waals surface area contributed by atoms with Gasteiger partial charge in [0.25, 0.3) is 0 Å². The van der Waals surface area contributed by atoms with E-state index in [0.717, 1.165) is 47.5 Å². The summed E-state index contributed by atoms with van der Waals surface area (Å²) >= 11 is 0. The molecule has 0 saturated carbocycles. The second-order valence-electron chi connectivity index (χ2n) is 8.29. The second-order valence-corrected chi connectivity index (χ2v) is 8.29. The Morgan fingerprint density at radius 2 is 1.79 bits per heavy atom. The SMILES string of the molecule is COc1cc(-c2cnc3cnc(-c4ccc(C(=O)CCCCN(C)C)cc4)cn23)ccc1O. The standard InChI is InChI=1S/C26H28N4O3/c1-29(2)13-5-4-6-23(31)19-9-7-18(8-10-19)21-17-30-22(15-28-26(30)16-27-21)20-11-12-24(32)25(14-20)33-3/h7-12,14-17,32H,4-6,13H2,1-3H3. The van der Waals surface area contributed by atoms with Crippen LogP contribution in [0, 0.1) is 0 Å². The normalized spacial score (nSPS) is 11.3. The number of aromatic hydroxyl groups is 1. The number of carbonyl (C=O) groups is 1. The molecule has 0 aliphatic carbocycles. The summed E-state index contributed by atoms with van der Waals surface area (Å²) in [7, 11) is 5.61. The molecule has 170 valence electrons. The average Bonchev–Trinajstić information content (AvgIpc) is 3.25. The van der Waals surface area contributed by atoms with Crippen molar-refractivity contribution < 1.29 is 14.6 Å². The number of hydrogen-bond acceptors (Lipinski definition) is 6. The lowest BCUT2D eigenvalue weighted by molar-refractivity contribution is 0.0978. The number of ether oxygens (including phenoxy) is 1. The summed E-state index contributed by atoms with van der Waals surface area (Å²) in [5.41, 5.74) is 4.86. The van der Waals surface area contributed by atoms with Crippen molar-refractivity contribution in [3.05, 3.63) is 66.6 Å². The highest BCUT2D eigenvalue weighted by atomic mass is 16.5. The van der Waals surface area contributed by atoms with E-state index in [9.17, 15) is 9.90 Å². The van der Waals surface area contributed by atoms with Crippen LogP contribution < -0.4 is 4.74 Å². The average molecular weight is 445 g/mol. The number of fused-ring (bicyclic) bond motifs is 1. The highest BCUT2D eigenvalue weighted by Crippen LogP contribution is 2.32. The minimum atomic E-state index is 0.0877. The van der Waals surface area contributed by atoms with Crippen molar-refractivity contribution in [1.29, 1.82) is 0 Å². The van der Waals surface area contributed by atoms with Crippen molar-refractivity contribution in [3.8, 4) is 34.0 Å². The lowest BCUT2D eigenvalue weighted by Gasteiger charge is -2.09. The number of benzene rings is 2. The summed E-state index contributed by atoms with van der Waals surface area (Å²) in [6, 6.07) is 12.8. The van der Waals surface area contributed by atoms with Gasteiger partial charge in [0.15, 0.2) is 22.9 Å². The molecule has 2 aromatic heterocycles. The zero-order chi connectivity index (χ0) is 23.4. The third-order valence-electron chi connectivity index (χ3n) is 5.63. The van der Waals surface area contributed by atoms with Crippen molar-refractivity contribution >= 4 is 11.4 Å². The molecule has 0 atom stereocenters. The smallest absolute Gasteiger partial charge is 0.162 e. The first-order chi connectivity index (χ1) is 16.0. The molecular weight excluding hydrogens is 416 g/mol. The predicted molar refractivity (Wildman–Crippen MR) is 129 cm³/mol. The van der Waals surface area contributed by atoms with Crippen LogP contribution in [0.3, 0.4) is 0 Å². The fraction of sp³-hybridized carbons (Fsp3) is 0.269. The number of phenolic OH excluding ortho intramolecular Hbond substituents is 1. The van der Waals surface area contributed by atoms with Gasteiger partial charge in [-0.2, -0.15) is 0 Å². The molecule has 7 heteroatoms. The maximum atomic E-state index is 12.5. The van der Waals surface area contributed by atoms with Gasteiger partial charge in [-0.05, 0) is 51.7 Å². The molecule has 0 saturated heterocycles. The van der Waals surface area contributed by atoms with Crippen LogP contribution in [0.25, 0.3) is 28.2 Å². The number of Topliss-reactive ketones (excluding diaryl/α,β-unsaturated/α-hetero) is 1. The first-order valence-corrected chi connectivity index (χ1v) is 10.9.